The molecule has 3 N–H and O–H groups in total. The van der Waals surface area contributed by atoms with Crippen LogP contribution in [0.25, 0.3) is 0 Å². The SMILES string of the molecule is Cc1ccc(C)c(NC(=O)C(=O)N/N=C\c2ccc(C(=O)O)cc2)c1. The fourth-order valence-corrected chi connectivity index (χ4v) is 1.98. The predicted molar refractivity (Wildman–Crippen MR) is 93.7 cm³/mol. The highest BCUT2D eigenvalue weighted by atomic mass is 16.4. The summed E-state index contributed by atoms with van der Waals surface area (Å²) in [5, 5.41) is 15.0. The molecule has 0 fully saturated rings. The van der Waals surface area contributed by atoms with Crippen molar-refractivity contribution >= 4 is 29.7 Å². The van der Waals surface area contributed by atoms with E-state index >= 15 is 0 Å². The van der Waals surface area contributed by atoms with Gasteiger partial charge in [0.2, 0.25) is 0 Å². The maximum Gasteiger partial charge on any atom is 0.335 e. The van der Waals surface area contributed by atoms with Gasteiger partial charge in [-0.05, 0) is 48.7 Å². The van der Waals surface area contributed by atoms with Gasteiger partial charge in [-0.25, -0.2) is 10.2 Å². The number of carboxylic acids is 1. The van der Waals surface area contributed by atoms with E-state index in [1.54, 1.807) is 6.07 Å². The molecule has 2 aromatic carbocycles. The lowest BCUT2D eigenvalue weighted by atomic mass is 10.1. The number of carboxylic acid groups (broad SMARTS) is 1. The van der Waals surface area contributed by atoms with Gasteiger partial charge in [-0.1, -0.05) is 24.3 Å². The lowest BCUT2D eigenvalue weighted by Crippen LogP contribution is -2.32. The molecule has 25 heavy (non-hydrogen) atoms. The molecule has 0 bridgehead atoms. The van der Waals surface area contributed by atoms with Gasteiger partial charge < -0.3 is 10.4 Å². The molecule has 0 saturated heterocycles. The Morgan fingerprint density at radius 2 is 1.68 bits per heavy atom. The number of rotatable bonds is 4. The van der Waals surface area contributed by atoms with Crippen molar-refractivity contribution in [3.05, 3.63) is 64.7 Å². The minimum absolute atomic E-state index is 0.147. The maximum absolute atomic E-state index is 11.9. The van der Waals surface area contributed by atoms with Gasteiger partial charge >= 0.3 is 17.8 Å². The molecule has 0 aliphatic heterocycles. The number of hydrazone groups is 1. The fourth-order valence-electron chi connectivity index (χ4n) is 1.98. The Morgan fingerprint density at radius 3 is 2.32 bits per heavy atom. The lowest BCUT2D eigenvalue weighted by molar-refractivity contribution is -0.136. The van der Waals surface area contributed by atoms with Gasteiger partial charge in [-0.3, -0.25) is 9.59 Å². The zero-order chi connectivity index (χ0) is 18.4. The summed E-state index contributed by atoms with van der Waals surface area (Å²) in [6.45, 7) is 3.71. The number of hydrogen-bond acceptors (Lipinski definition) is 4. The minimum atomic E-state index is -1.03. The normalized spacial score (nSPS) is 10.5. The zero-order valence-corrected chi connectivity index (χ0v) is 13.7. The summed E-state index contributed by atoms with van der Waals surface area (Å²) in [6.07, 6.45) is 1.31. The Hall–Kier alpha value is -3.48. The highest BCUT2D eigenvalue weighted by Crippen LogP contribution is 2.16. The van der Waals surface area contributed by atoms with E-state index in [0.717, 1.165) is 11.1 Å². The first-order valence-electron chi connectivity index (χ1n) is 7.42. The van der Waals surface area contributed by atoms with Crippen molar-refractivity contribution < 1.29 is 19.5 Å². The number of nitrogens with zero attached hydrogens (tertiary/aromatic N) is 1. The molecule has 0 unspecified atom stereocenters. The van der Waals surface area contributed by atoms with E-state index in [1.807, 2.05) is 26.0 Å². The number of carbonyl (C=O) groups is 3. The van der Waals surface area contributed by atoms with Crippen LogP contribution < -0.4 is 10.7 Å². The van der Waals surface area contributed by atoms with Crippen LogP contribution in [0.15, 0.2) is 47.6 Å². The van der Waals surface area contributed by atoms with E-state index in [0.29, 0.717) is 11.3 Å². The molecule has 7 nitrogen and oxygen atoms in total. The molecular weight excluding hydrogens is 322 g/mol. The fraction of sp³-hybridized carbons (Fsp3) is 0.111. The molecule has 0 aromatic heterocycles. The maximum atomic E-state index is 11.9. The molecular formula is C18H17N3O4. The van der Waals surface area contributed by atoms with Crippen LogP contribution in [0.3, 0.4) is 0 Å². The first-order valence-corrected chi connectivity index (χ1v) is 7.42. The second kappa shape index (κ2) is 7.87. The molecule has 0 atom stereocenters. The van der Waals surface area contributed by atoms with Crippen LogP contribution in [0.5, 0.6) is 0 Å². The first-order chi connectivity index (χ1) is 11.9. The van der Waals surface area contributed by atoms with Crippen molar-refractivity contribution in [2.24, 2.45) is 5.10 Å². The smallest absolute Gasteiger partial charge is 0.335 e. The van der Waals surface area contributed by atoms with Crippen LogP contribution in [0.2, 0.25) is 0 Å². The molecule has 0 aliphatic rings. The van der Waals surface area contributed by atoms with Crippen molar-refractivity contribution in [3.8, 4) is 0 Å². The molecule has 2 aromatic rings. The molecule has 0 radical (unpaired) electrons. The van der Waals surface area contributed by atoms with Gasteiger partial charge in [0.1, 0.15) is 0 Å². The Labute approximate surface area is 144 Å². The minimum Gasteiger partial charge on any atom is -0.478 e. The summed E-state index contributed by atoms with van der Waals surface area (Å²) < 4.78 is 0. The molecule has 7 heteroatoms. The topological polar surface area (TPSA) is 108 Å². The van der Waals surface area contributed by atoms with E-state index in [4.69, 9.17) is 5.11 Å². The van der Waals surface area contributed by atoms with Crippen LogP contribution in [-0.4, -0.2) is 29.1 Å². The molecule has 0 heterocycles. The summed E-state index contributed by atoms with van der Waals surface area (Å²) in [6, 6.07) is 11.4. The van der Waals surface area contributed by atoms with Crippen LogP contribution >= 0.6 is 0 Å². The van der Waals surface area contributed by atoms with Crippen molar-refractivity contribution in [3.63, 3.8) is 0 Å². The third-order valence-corrected chi connectivity index (χ3v) is 3.38. The van der Waals surface area contributed by atoms with Crippen molar-refractivity contribution in [2.45, 2.75) is 13.8 Å². The lowest BCUT2D eigenvalue weighted by Gasteiger charge is -2.08. The second-order valence-corrected chi connectivity index (χ2v) is 5.40. The van der Waals surface area contributed by atoms with Gasteiger partial charge in [0.25, 0.3) is 0 Å². The zero-order valence-electron chi connectivity index (χ0n) is 13.7. The van der Waals surface area contributed by atoms with E-state index in [1.165, 1.54) is 30.5 Å². The summed E-state index contributed by atoms with van der Waals surface area (Å²) in [5.41, 5.74) is 5.22. The van der Waals surface area contributed by atoms with Gasteiger partial charge in [0.05, 0.1) is 11.8 Å². The Morgan fingerprint density at radius 1 is 1.00 bits per heavy atom. The molecule has 0 saturated carbocycles. The van der Waals surface area contributed by atoms with Gasteiger partial charge in [-0.2, -0.15) is 5.10 Å². The highest BCUT2D eigenvalue weighted by molar-refractivity contribution is 6.39. The molecule has 2 rings (SSSR count). The highest BCUT2D eigenvalue weighted by Gasteiger charge is 2.14. The largest absolute Gasteiger partial charge is 0.478 e. The molecule has 0 aliphatic carbocycles. The quantitative estimate of drug-likeness (QED) is 0.450. The van der Waals surface area contributed by atoms with Crippen molar-refractivity contribution in [2.75, 3.05) is 5.32 Å². The molecule has 0 spiro atoms. The Kier molecular flexibility index (Phi) is 5.62. The number of carbonyl (C=O) groups excluding carboxylic acids is 2. The number of amides is 2. The second-order valence-electron chi connectivity index (χ2n) is 5.40. The van der Waals surface area contributed by atoms with Crippen LogP contribution in [0.1, 0.15) is 27.0 Å². The summed E-state index contributed by atoms with van der Waals surface area (Å²) in [7, 11) is 0. The van der Waals surface area contributed by atoms with Crippen molar-refractivity contribution in [1.29, 1.82) is 0 Å². The number of benzene rings is 2. The predicted octanol–water partition coefficient (Wildman–Crippen LogP) is 2.09. The Bertz CT molecular complexity index is 842. The number of aryl methyl sites for hydroxylation is 2. The number of hydrogen-bond donors (Lipinski definition) is 3. The standard InChI is InChI=1S/C18H17N3O4/c1-11-3-4-12(2)15(9-11)20-16(22)17(23)21-19-10-13-5-7-14(8-6-13)18(24)25/h3-10H,1-2H3,(H,20,22)(H,21,23)(H,24,25)/b19-10-. The number of anilines is 1. The van der Waals surface area contributed by atoms with Crippen LogP contribution in [-0.2, 0) is 9.59 Å². The van der Waals surface area contributed by atoms with E-state index in [9.17, 15) is 14.4 Å². The number of aromatic carboxylic acids is 1. The van der Waals surface area contributed by atoms with Crippen LogP contribution in [0.4, 0.5) is 5.69 Å². The van der Waals surface area contributed by atoms with E-state index in [2.05, 4.69) is 15.8 Å². The third kappa shape index (κ3) is 5.00. The summed E-state index contributed by atoms with van der Waals surface area (Å²) in [4.78, 5) is 34.4. The van der Waals surface area contributed by atoms with Gasteiger partial charge in [-0.15, -0.1) is 0 Å². The Balaban J connectivity index is 1.93. The monoisotopic (exact) mass is 339 g/mol. The van der Waals surface area contributed by atoms with Gasteiger partial charge in [0.15, 0.2) is 0 Å². The first kappa shape index (κ1) is 17.9. The average molecular weight is 339 g/mol. The average Bonchev–Trinajstić information content (AvgIpc) is 2.58. The summed E-state index contributed by atoms with van der Waals surface area (Å²) in [5.74, 6) is -2.76. The van der Waals surface area contributed by atoms with Crippen LogP contribution in [0, 0.1) is 13.8 Å². The third-order valence-electron chi connectivity index (χ3n) is 3.38. The number of nitrogens with one attached hydrogen (secondary N) is 2. The van der Waals surface area contributed by atoms with E-state index in [-0.39, 0.29) is 5.56 Å². The summed E-state index contributed by atoms with van der Waals surface area (Å²) >= 11 is 0. The van der Waals surface area contributed by atoms with Gasteiger partial charge in [0, 0.05) is 5.69 Å². The molecule has 2 amide bonds. The molecule has 128 valence electrons. The van der Waals surface area contributed by atoms with Crippen molar-refractivity contribution in [1.82, 2.24) is 5.43 Å². The van der Waals surface area contributed by atoms with E-state index < -0.39 is 17.8 Å².